The lowest BCUT2D eigenvalue weighted by Gasteiger charge is -2.45. The van der Waals surface area contributed by atoms with Gasteiger partial charge in [0.05, 0.1) is 11.6 Å². The van der Waals surface area contributed by atoms with Crippen molar-refractivity contribution < 1.29 is 13.2 Å². The van der Waals surface area contributed by atoms with E-state index in [0.717, 1.165) is 40.1 Å². The van der Waals surface area contributed by atoms with E-state index in [2.05, 4.69) is 40.3 Å². The number of aldehydes is 1. The number of hydrogen-bond acceptors (Lipinski definition) is 7. The first kappa shape index (κ1) is 28.2. The largest absolute Gasteiger partial charge is 0.383 e. The summed E-state index contributed by atoms with van der Waals surface area (Å²) in [5.74, 6) is 0.703. The number of halogens is 1. The van der Waals surface area contributed by atoms with E-state index in [1.54, 1.807) is 12.1 Å². The summed E-state index contributed by atoms with van der Waals surface area (Å²) in [7, 11) is -3.89. The van der Waals surface area contributed by atoms with Crippen LogP contribution >= 0.6 is 11.6 Å². The standard InChI is InChI=1S/C29H33ClN6O3S/c1-4-28(27-11-20-6-7-21(30)12-25(20)34-27)40(38,39)35-14-22(9-18(2)3)36(23(15-35)16-37)13-19-5-8-24-26(10-19)32-17-33-29(24)31/h4-8,10-12,16-18,22-23,28,34H,1,9,13-15H2,2-3H3,(H2,31,32,33). The van der Waals surface area contributed by atoms with Crippen molar-refractivity contribution in [3.63, 3.8) is 0 Å². The molecule has 40 heavy (non-hydrogen) atoms. The number of carbonyl (C=O) groups is 1. The number of nitrogens with one attached hydrogen (secondary N) is 1. The topological polar surface area (TPSA) is 125 Å². The summed E-state index contributed by atoms with van der Waals surface area (Å²) >= 11 is 6.13. The number of fused-ring (bicyclic) bond motifs is 2. The number of nitrogens with zero attached hydrogens (tertiary/aromatic N) is 4. The molecule has 11 heteroatoms. The number of nitrogen functional groups attached to an aromatic ring is 1. The fraction of sp³-hybridized carbons (Fsp3) is 0.345. The molecule has 9 nitrogen and oxygen atoms in total. The fourth-order valence-corrected chi connectivity index (χ4v) is 7.53. The molecule has 2 aromatic heterocycles. The Morgan fingerprint density at radius 3 is 2.70 bits per heavy atom. The van der Waals surface area contributed by atoms with Gasteiger partial charge in [-0.3, -0.25) is 4.90 Å². The first-order valence-corrected chi connectivity index (χ1v) is 15.1. The SMILES string of the molecule is C=CC(c1cc2ccc(Cl)cc2[nH]1)S(=O)(=O)N1CC(C=O)N(Cc2ccc3c(N)ncnc3c2)C(CC(C)C)C1. The first-order chi connectivity index (χ1) is 19.1. The van der Waals surface area contributed by atoms with Crippen LogP contribution in [-0.2, 0) is 21.4 Å². The second-order valence-corrected chi connectivity index (χ2v) is 13.2. The number of aromatic amines is 1. The molecule has 0 saturated carbocycles. The molecule has 5 rings (SSSR count). The van der Waals surface area contributed by atoms with E-state index in [0.29, 0.717) is 29.0 Å². The molecule has 0 spiro atoms. The third kappa shape index (κ3) is 5.49. The molecule has 3 unspecified atom stereocenters. The van der Waals surface area contributed by atoms with Gasteiger partial charge in [0.25, 0.3) is 0 Å². The maximum atomic E-state index is 14.0. The predicted molar refractivity (Wildman–Crippen MR) is 159 cm³/mol. The molecule has 0 amide bonds. The highest BCUT2D eigenvalue weighted by Gasteiger charge is 2.42. The number of rotatable bonds is 9. The highest BCUT2D eigenvalue weighted by molar-refractivity contribution is 7.89. The van der Waals surface area contributed by atoms with E-state index >= 15 is 0 Å². The van der Waals surface area contributed by atoms with E-state index in [4.69, 9.17) is 17.3 Å². The van der Waals surface area contributed by atoms with Crippen molar-refractivity contribution in [1.82, 2.24) is 24.2 Å². The summed E-state index contributed by atoms with van der Waals surface area (Å²) in [5.41, 5.74) is 8.93. The van der Waals surface area contributed by atoms with Gasteiger partial charge in [-0.15, -0.1) is 6.58 Å². The van der Waals surface area contributed by atoms with Crippen molar-refractivity contribution >= 4 is 55.5 Å². The van der Waals surface area contributed by atoms with Gasteiger partial charge in [-0.1, -0.05) is 43.7 Å². The monoisotopic (exact) mass is 580 g/mol. The molecule has 3 N–H and O–H groups in total. The zero-order valence-corrected chi connectivity index (χ0v) is 24.1. The van der Waals surface area contributed by atoms with Crippen LogP contribution in [0.4, 0.5) is 5.82 Å². The maximum absolute atomic E-state index is 14.0. The van der Waals surface area contributed by atoms with Crippen molar-refractivity contribution in [3.05, 3.63) is 77.7 Å². The molecule has 2 aromatic carbocycles. The second-order valence-electron chi connectivity index (χ2n) is 10.7. The molecule has 1 fully saturated rings. The van der Waals surface area contributed by atoms with E-state index in [1.165, 1.54) is 16.7 Å². The summed E-state index contributed by atoms with van der Waals surface area (Å²) in [6, 6.07) is 12.2. The Kier molecular flexibility index (Phi) is 7.96. The van der Waals surface area contributed by atoms with Gasteiger partial charge in [0.2, 0.25) is 10.0 Å². The van der Waals surface area contributed by atoms with Gasteiger partial charge >= 0.3 is 0 Å². The van der Waals surface area contributed by atoms with Crippen LogP contribution in [-0.4, -0.2) is 64.0 Å². The summed E-state index contributed by atoms with van der Waals surface area (Å²) in [6.45, 7) is 8.83. The molecule has 3 atom stereocenters. The average Bonchev–Trinajstić information content (AvgIpc) is 3.31. The molecule has 1 saturated heterocycles. The third-order valence-electron chi connectivity index (χ3n) is 7.50. The Morgan fingerprint density at radius 1 is 1.18 bits per heavy atom. The van der Waals surface area contributed by atoms with Gasteiger partial charge in [-0.2, -0.15) is 4.31 Å². The highest BCUT2D eigenvalue weighted by atomic mass is 35.5. The minimum atomic E-state index is -3.89. The fourth-order valence-electron chi connectivity index (χ4n) is 5.61. The van der Waals surface area contributed by atoms with Gasteiger partial charge in [-0.05, 0) is 53.6 Å². The summed E-state index contributed by atoms with van der Waals surface area (Å²) in [4.78, 5) is 26.1. The van der Waals surface area contributed by atoms with Gasteiger partial charge in [0.1, 0.15) is 23.7 Å². The molecule has 0 radical (unpaired) electrons. The van der Waals surface area contributed by atoms with Crippen LogP contribution in [0.2, 0.25) is 5.02 Å². The highest BCUT2D eigenvalue weighted by Crippen LogP contribution is 2.33. The lowest BCUT2D eigenvalue weighted by Crippen LogP contribution is -2.60. The number of piperazine rings is 1. The smallest absolute Gasteiger partial charge is 0.226 e. The summed E-state index contributed by atoms with van der Waals surface area (Å²) in [6.07, 6.45) is 4.44. The Morgan fingerprint density at radius 2 is 1.98 bits per heavy atom. The molecular weight excluding hydrogens is 548 g/mol. The molecular formula is C29H33ClN6O3S. The minimum Gasteiger partial charge on any atom is -0.383 e. The van der Waals surface area contributed by atoms with Gasteiger partial charge in [-0.25, -0.2) is 18.4 Å². The zero-order chi connectivity index (χ0) is 28.6. The predicted octanol–water partition coefficient (Wildman–Crippen LogP) is 4.70. The lowest BCUT2D eigenvalue weighted by molar-refractivity contribution is -0.116. The van der Waals surface area contributed by atoms with Gasteiger partial charge in [0.15, 0.2) is 0 Å². The maximum Gasteiger partial charge on any atom is 0.226 e. The molecule has 210 valence electrons. The first-order valence-electron chi connectivity index (χ1n) is 13.2. The van der Waals surface area contributed by atoms with Crippen LogP contribution in [0.1, 0.15) is 36.8 Å². The summed E-state index contributed by atoms with van der Waals surface area (Å²) < 4.78 is 29.5. The minimum absolute atomic E-state index is 0.0551. The van der Waals surface area contributed by atoms with Crippen molar-refractivity contribution in [1.29, 1.82) is 0 Å². The van der Waals surface area contributed by atoms with Crippen molar-refractivity contribution in [2.75, 3.05) is 18.8 Å². The van der Waals surface area contributed by atoms with E-state index < -0.39 is 21.3 Å². The normalized spacial score (nSPS) is 19.8. The second kappa shape index (κ2) is 11.3. The lowest BCUT2D eigenvalue weighted by atomic mass is 9.97. The van der Waals surface area contributed by atoms with Crippen LogP contribution in [0.3, 0.4) is 0 Å². The van der Waals surface area contributed by atoms with E-state index in [9.17, 15) is 13.2 Å². The van der Waals surface area contributed by atoms with Gasteiger partial charge < -0.3 is 15.5 Å². The average molecular weight is 581 g/mol. The Balaban J connectivity index is 1.45. The van der Waals surface area contributed by atoms with Crippen molar-refractivity contribution in [3.8, 4) is 0 Å². The van der Waals surface area contributed by atoms with Crippen molar-refractivity contribution in [2.24, 2.45) is 5.92 Å². The Labute approximate surface area is 239 Å². The quantitative estimate of drug-likeness (QED) is 0.217. The Bertz CT molecular complexity index is 1670. The van der Waals surface area contributed by atoms with Crippen LogP contribution in [0.25, 0.3) is 21.8 Å². The number of nitrogens with two attached hydrogens (primary N) is 1. The molecule has 4 aromatic rings. The number of H-pyrrole nitrogens is 1. The zero-order valence-electron chi connectivity index (χ0n) is 22.5. The number of hydrogen-bond donors (Lipinski definition) is 2. The molecule has 1 aliphatic rings. The van der Waals surface area contributed by atoms with Crippen molar-refractivity contribution in [2.45, 2.75) is 44.1 Å². The van der Waals surface area contributed by atoms with Crippen LogP contribution in [0.5, 0.6) is 0 Å². The Hall–Kier alpha value is -3.31. The molecule has 0 aliphatic carbocycles. The van der Waals surface area contributed by atoms with Crippen LogP contribution in [0.15, 0.2) is 61.4 Å². The van der Waals surface area contributed by atoms with Gasteiger partial charge in [0, 0.05) is 47.3 Å². The molecule has 3 heterocycles. The van der Waals surface area contributed by atoms with E-state index in [-0.39, 0.29) is 19.1 Å². The number of benzene rings is 2. The van der Waals surface area contributed by atoms with Crippen LogP contribution < -0.4 is 5.73 Å². The number of anilines is 1. The van der Waals surface area contributed by atoms with E-state index in [1.807, 2.05) is 30.3 Å². The number of carbonyl (C=O) groups excluding carboxylic acids is 1. The third-order valence-corrected chi connectivity index (χ3v) is 9.85. The molecule has 1 aliphatic heterocycles. The summed E-state index contributed by atoms with van der Waals surface area (Å²) in [5, 5.41) is 1.19. The number of sulfonamides is 1. The van der Waals surface area contributed by atoms with Crippen LogP contribution in [0, 0.1) is 5.92 Å². The molecule has 0 bridgehead atoms. The number of aromatic nitrogens is 3.